The lowest BCUT2D eigenvalue weighted by molar-refractivity contribution is 0.0915. The van der Waals surface area contributed by atoms with Gasteiger partial charge >= 0.3 is 0 Å². The second-order valence-corrected chi connectivity index (χ2v) is 7.16. The van der Waals surface area contributed by atoms with Gasteiger partial charge in [-0.2, -0.15) is 0 Å². The molecule has 2 aliphatic heterocycles. The maximum Gasteiger partial charge on any atom is 0.157 e. The summed E-state index contributed by atoms with van der Waals surface area (Å²) in [5.74, 6) is 0.879. The van der Waals surface area contributed by atoms with Crippen molar-refractivity contribution in [2.45, 2.75) is 57.2 Å². The van der Waals surface area contributed by atoms with E-state index in [2.05, 4.69) is 20.9 Å². The highest BCUT2D eigenvalue weighted by Gasteiger charge is 2.26. The van der Waals surface area contributed by atoms with Gasteiger partial charge in [0.25, 0.3) is 0 Å². The van der Waals surface area contributed by atoms with Crippen molar-refractivity contribution >= 4 is 0 Å². The minimum absolute atomic E-state index is 0.120. The van der Waals surface area contributed by atoms with Crippen molar-refractivity contribution < 1.29 is 4.74 Å². The van der Waals surface area contributed by atoms with E-state index in [9.17, 15) is 0 Å². The molecule has 1 aliphatic carbocycles. The molecule has 23 heavy (non-hydrogen) atoms. The third-order valence-electron chi connectivity index (χ3n) is 5.58. The number of aromatic nitrogens is 2. The van der Waals surface area contributed by atoms with E-state index in [-0.39, 0.29) is 6.10 Å². The predicted octanol–water partition coefficient (Wildman–Crippen LogP) is 2.39. The van der Waals surface area contributed by atoms with E-state index in [0.29, 0.717) is 0 Å². The summed E-state index contributed by atoms with van der Waals surface area (Å²) >= 11 is 0. The van der Waals surface area contributed by atoms with Gasteiger partial charge in [-0.15, -0.1) is 0 Å². The van der Waals surface area contributed by atoms with E-state index in [1.807, 2.05) is 6.20 Å². The SMILES string of the molecule is c1cc(CN2CCN(C3CCCC3)CC2)nc([C@H]2CCCO2)n1. The molecule has 0 aromatic carbocycles. The Bertz CT molecular complexity index is 503. The summed E-state index contributed by atoms with van der Waals surface area (Å²) in [6, 6.07) is 2.92. The lowest BCUT2D eigenvalue weighted by Gasteiger charge is -2.37. The summed E-state index contributed by atoms with van der Waals surface area (Å²) in [6.07, 6.45) is 9.89. The Morgan fingerprint density at radius 1 is 1.04 bits per heavy atom. The monoisotopic (exact) mass is 316 g/mol. The van der Waals surface area contributed by atoms with Crippen LogP contribution in [0.4, 0.5) is 0 Å². The number of hydrogen-bond donors (Lipinski definition) is 0. The van der Waals surface area contributed by atoms with Crippen LogP contribution < -0.4 is 0 Å². The molecule has 3 aliphatic rings. The number of rotatable bonds is 4. The quantitative estimate of drug-likeness (QED) is 0.853. The van der Waals surface area contributed by atoms with E-state index < -0.39 is 0 Å². The standard InChI is InChI=1S/C18H28N4O/c1-2-5-16(4-1)22-11-9-21(10-12-22)14-15-7-8-19-18(20-15)17-6-3-13-23-17/h7-8,16-17H,1-6,9-14H2/t17-/m1/s1. The third-order valence-corrected chi connectivity index (χ3v) is 5.58. The average Bonchev–Trinajstić information content (AvgIpc) is 3.30. The van der Waals surface area contributed by atoms with Crippen LogP contribution in [-0.2, 0) is 11.3 Å². The predicted molar refractivity (Wildman–Crippen MR) is 89.1 cm³/mol. The molecule has 126 valence electrons. The van der Waals surface area contributed by atoms with Gasteiger partial charge in [-0.3, -0.25) is 9.80 Å². The molecule has 0 bridgehead atoms. The van der Waals surface area contributed by atoms with Gasteiger partial charge in [0, 0.05) is 51.6 Å². The number of hydrogen-bond acceptors (Lipinski definition) is 5. The molecular weight excluding hydrogens is 288 g/mol. The van der Waals surface area contributed by atoms with Crippen LogP contribution in [0.25, 0.3) is 0 Å². The summed E-state index contributed by atoms with van der Waals surface area (Å²) in [4.78, 5) is 14.4. The van der Waals surface area contributed by atoms with Crippen molar-refractivity contribution in [3.05, 3.63) is 23.8 Å². The lowest BCUT2D eigenvalue weighted by atomic mass is 10.1. The van der Waals surface area contributed by atoms with E-state index >= 15 is 0 Å². The van der Waals surface area contributed by atoms with Crippen molar-refractivity contribution in [2.24, 2.45) is 0 Å². The van der Waals surface area contributed by atoms with Crippen molar-refractivity contribution in [2.75, 3.05) is 32.8 Å². The Kier molecular flexibility index (Phi) is 4.88. The summed E-state index contributed by atoms with van der Waals surface area (Å²) in [5, 5.41) is 0. The molecule has 1 aromatic rings. The minimum atomic E-state index is 0.120. The molecule has 3 heterocycles. The fraction of sp³-hybridized carbons (Fsp3) is 0.778. The van der Waals surface area contributed by atoms with Crippen LogP contribution in [0.15, 0.2) is 12.3 Å². The average molecular weight is 316 g/mol. The molecule has 0 amide bonds. The van der Waals surface area contributed by atoms with E-state index in [0.717, 1.165) is 56.6 Å². The molecule has 3 fully saturated rings. The molecular formula is C18H28N4O. The fourth-order valence-electron chi connectivity index (χ4n) is 4.22. The summed E-state index contributed by atoms with van der Waals surface area (Å²) in [5.41, 5.74) is 1.14. The van der Waals surface area contributed by atoms with Crippen molar-refractivity contribution in [3.8, 4) is 0 Å². The second-order valence-electron chi connectivity index (χ2n) is 7.16. The van der Waals surface area contributed by atoms with Gasteiger partial charge in [-0.05, 0) is 31.7 Å². The van der Waals surface area contributed by atoms with Gasteiger partial charge in [0.05, 0.1) is 5.69 Å². The Hall–Kier alpha value is -1.04. The van der Waals surface area contributed by atoms with E-state index in [4.69, 9.17) is 9.72 Å². The molecule has 1 saturated carbocycles. The van der Waals surface area contributed by atoms with Gasteiger partial charge < -0.3 is 4.74 Å². The molecule has 1 atom stereocenters. The van der Waals surface area contributed by atoms with Gasteiger partial charge in [-0.1, -0.05) is 12.8 Å². The fourth-order valence-corrected chi connectivity index (χ4v) is 4.22. The third kappa shape index (κ3) is 3.73. The first-order chi connectivity index (χ1) is 11.4. The highest BCUT2D eigenvalue weighted by atomic mass is 16.5. The molecule has 4 rings (SSSR count). The maximum absolute atomic E-state index is 5.71. The Balaban J connectivity index is 1.31. The molecule has 5 nitrogen and oxygen atoms in total. The van der Waals surface area contributed by atoms with Crippen molar-refractivity contribution in [1.82, 2.24) is 19.8 Å². The van der Waals surface area contributed by atoms with Crippen LogP contribution in [0.1, 0.15) is 56.1 Å². The minimum Gasteiger partial charge on any atom is -0.370 e. The van der Waals surface area contributed by atoms with Gasteiger partial charge in [-0.25, -0.2) is 9.97 Å². The van der Waals surface area contributed by atoms with Gasteiger partial charge in [0.15, 0.2) is 5.82 Å². The zero-order valence-electron chi connectivity index (χ0n) is 14.0. The van der Waals surface area contributed by atoms with Crippen molar-refractivity contribution in [1.29, 1.82) is 0 Å². The smallest absolute Gasteiger partial charge is 0.157 e. The molecule has 0 radical (unpaired) electrons. The summed E-state index contributed by atoms with van der Waals surface area (Å²) in [6.45, 7) is 6.55. The zero-order valence-corrected chi connectivity index (χ0v) is 14.0. The Morgan fingerprint density at radius 3 is 2.61 bits per heavy atom. The molecule has 0 N–H and O–H groups in total. The first-order valence-electron chi connectivity index (χ1n) is 9.28. The van der Waals surface area contributed by atoms with E-state index in [1.165, 1.54) is 38.8 Å². The van der Waals surface area contributed by atoms with Crippen LogP contribution in [0.2, 0.25) is 0 Å². The highest BCUT2D eigenvalue weighted by molar-refractivity contribution is 5.05. The lowest BCUT2D eigenvalue weighted by Crippen LogP contribution is -2.49. The molecule has 2 saturated heterocycles. The topological polar surface area (TPSA) is 41.5 Å². The van der Waals surface area contributed by atoms with Crippen LogP contribution in [0.5, 0.6) is 0 Å². The van der Waals surface area contributed by atoms with Crippen LogP contribution in [0.3, 0.4) is 0 Å². The molecule has 1 aromatic heterocycles. The van der Waals surface area contributed by atoms with Gasteiger partial charge in [0.1, 0.15) is 6.10 Å². The summed E-state index contributed by atoms with van der Waals surface area (Å²) in [7, 11) is 0. The second kappa shape index (κ2) is 7.24. The zero-order chi connectivity index (χ0) is 15.5. The number of piperazine rings is 1. The number of ether oxygens (including phenoxy) is 1. The first kappa shape index (κ1) is 15.5. The van der Waals surface area contributed by atoms with Crippen LogP contribution in [0, 0.1) is 0 Å². The Labute approximate surface area is 139 Å². The molecule has 0 spiro atoms. The van der Waals surface area contributed by atoms with Crippen LogP contribution >= 0.6 is 0 Å². The molecule has 0 unspecified atom stereocenters. The normalized spacial score (nSPS) is 27.7. The molecule has 5 heteroatoms. The maximum atomic E-state index is 5.71. The largest absolute Gasteiger partial charge is 0.370 e. The summed E-state index contributed by atoms with van der Waals surface area (Å²) < 4.78 is 5.71. The Morgan fingerprint density at radius 2 is 1.87 bits per heavy atom. The number of nitrogens with zero attached hydrogens (tertiary/aromatic N) is 4. The highest BCUT2D eigenvalue weighted by Crippen LogP contribution is 2.26. The first-order valence-corrected chi connectivity index (χ1v) is 9.28. The van der Waals surface area contributed by atoms with Crippen LogP contribution in [-0.4, -0.2) is 58.6 Å². The van der Waals surface area contributed by atoms with E-state index in [1.54, 1.807) is 0 Å². The van der Waals surface area contributed by atoms with Crippen molar-refractivity contribution in [3.63, 3.8) is 0 Å². The van der Waals surface area contributed by atoms with Gasteiger partial charge in [0.2, 0.25) is 0 Å².